The summed E-state index contributed by atoms with van der Waals surface area (Å²) in [6.07, 6.45) is 3.08. The van der Waals surface area contributed by atoms with Gasteiger partial charge in [-0.15, -0.1) is 0 Å². The zero-order chi connectivity index (χ0) is 11.8. The van der Waals surface area contributed by atoms with E-state index in [1.165, 1.54) is 22.0 Å². The Kier molecular flexibility index (Phi) is 2.76. The van der Waals surface area contributed by atoms with Crippen molar-refractivity contribution in [2.24, 2.45) is 5.73 Å². The van der Waals surface area contributed by atoms with Crippen LogP contribution in [0.15, 0.2) is 24.4 Å². The van der Waals surface area contributed by atoms with E-state index in [1.54, 1.807) is 0 Å². The molecule has 2 aromatic rings. The van der Waals surface area contributed by atoms with Gasteiger partial charge >= 0.3 is 0 Å². The van der Waals surface area contributed by atoms with Crippen molar-refractivity contribution in [1.82, 2.24) is 4.98 Å². The van der Waals surface area contributed by atoms with E-state index in [-0.39, 0.29) is 5.41 Å². The highest BCUT2D eigenvalue weighted by molar-refractivity contribution is 5.83. The van der Waals surface area contributed by atoms with Crippen molar-refractivity contribution in [2.75, 3.05) is 6.54 Å². The summed E-state index contributed by atoms with van der Waals surface area (Å²) < 4.78 is 0. The monoisotopic (exact) mass is 216 g/mol. The predicted molar refractivity (Wildman–Crippen MR) is 69.7 cm³/mol. The van der Waals surface area contributed by atoms with Gasteiger partial charge in [-0.25, -0.2) is 0 Å². The molecule has 0 spiro atoms. The molecule has 0 saturated carbocycles. The van der Waals surface area contributed by atoms with Crippen LogP contribution in [0.4, 0.5) is 0 Å². The van der Waals surface area contributed by atoms with Gasteiger partial charge in [0.05, 0.1) is 0 Å². The lowest BCUT2D eigenvalue weighted by atomic mass is 9.81. The van der Waals surface area contributed by atoms with Crippen LogP contribution in [0.3, 0.4) is 0 Å². The first kappa shape index (κ1) is 11.2. The number of nitrogens with two attached hydrogens (primary N) is 1. The average Bonchev–Trinajstić information content (AvgIpc) is 2.60. The van der Waals surface area contributed by atoms with Crippen LogP contribution in [-0.4, -0.2) is 11.5 Å². The van der Waals surface area contributed by atoms with Crippen LogP contribution < -0.4 is 5.73 Å². The molecule has 0 saturated heterocycles. The van der Waals surface area contributed by atoms with E-state index in [9.17, 15) is 0 Å². The third-order valence-electron chi connectivity index (χ3n) is 3.44. The van der Waals surface area contributed by atoms with Gasteiger partial charge in [-0.2, -0.15) is 0 Å². The number of aromatic nitrogens is 1. The first-order valence-electron chi connectivity index (χ1n) is 5.83. The molecule has 0 fully saturated rings. The second-order valence-corrected chi connectivity index (χ2v) is 5.15. The summed E-state index contributed by atoms with van der Waals surface area (Å²) >= 11 is 0. The molecular weight excluding hydrogens is 196 g/mol. The Morgan fingerprint density at radius 3 is 2.75 bits per heavy atom. The van der Waals surface area contributed by atoms with Crippen molar-refractivity contribution < 1.29 is 0 Å². The standard InChI is InChI=1S/C14H20N2/c1-10-9-16-13-5-4-11(8-12(10)13)14(2,3)6-7-15/h4-5,8-9,16H,6-7,15H2,1-3H3. The summed E-state index contributed by atoms with van der Waals surface area (Å²) in [5, 5.41) is 1.32. The Morgan fingerprint density at radius 1 is 1.31 bits per heavy atom. The van der Waals surface area contributed by atoms with Gasteiger partial charge in [0.2, 0.25) is 0 Å². The maximum Gasteiger partial charge on any atom is 0.0456 e. The van der Waals surface area contributed by atoms with E-state index < -0.39 is 0 Å². The normalized spacial score (nSPS) is 12.2. The van der Waals surface area contributed by atoms with Gasteiger partial charge in [0.1, 0.15) is 0 Å². The van der Waals surface area contributed by atoms with Crippen molar-refractivity contribution in [1.29, 1.82) is 0 Å². The molecule has 2 nitrogen and oxygen atoms in total. The number of hydrogen-bond acceptors (Lipinski definition) is 1. The van der Waals surface area contributed by atoms with Crippen molar-refractivity contribution >= 4 is 10.9 Å². The van der Waals surface area contributed by atoms with E-state index >= 15 is 0 Å². The summed E-state index contributed by atoms with van der Waals surface area (Å²) in [5.41, 5.74) is 9.72. The van der Waals surface area contributed by atoms with Gasteiger partial charge < -0.3 is 10.7 Å². The quantitative estimate of drug-likeness (QED) is 0.813. The average molecular weight is 216 g/mol. The van der Waals surface area contributed by atoms with E-state index in [2.05, 4.69) is 50.2 Å². The van der Waals surface area contributed by atoms with Crippen LogP contribution in [-0.2, 0) is 5.41 Å². The Morgan fingerprint density at radius 2 is 2.06 bits per heavy atom. The lowest BCUT2D eigenvalue weighted by Crippen LogP contribution is -2.21. The summed E-state index contributed by atoms with van der Waals surface area (Å²) in [6.45, 7) is 7.38. The number of nitrogens with one attached hydrogen (secondary N) is 1. The van der Waals surface area contributed by atoms with E-state index in [0.717, 1.165) is 13.0 Å². The minimum atomic E-state index is 0.159. The molecule has 0 atom stereocenters. The largest absolute Gasteiger partial charge is 0.361 e. The number of H-pyrrole nitrogens is 1. The van der Waals surface area contributed by atoms with Crippen LogP contribution in [0.2, 0.25) is 0 Å². The maximum absolute atomic E-state index is 5.67. The fourth-order valence-electron chi connectivity index (χ4n) is 2.19. The second kappa shape index (κ2) is 3.95. The first-order chi connectivity index (χ1) is 7.54. The van der Waals surface area contributed by atoms with Gasteiger partial charge in [-0.1, -0.05) is 19.9 Å². The van der Waals surface area contributed by atoms with Gasteiger partial charge in [0.15, 0.2) is 0 Å². The highest BCUT2D eigenvalue weighted by Gasteiger charge is 2.19. The Labute approximate surface area is 96.9 Å². The molecule has 3 N–H and O–H groups in total. The molecule has 0 aliphatic rings. The van der Waals surface area contributed by atoms with Crippen molar-refractivity contribution in [2.45, 2.75) is 32.6 Å². The van der Waals surface area contributed by atoms with Gasteiger partial charge in [0, 0.05) is 17.1 Å². The lowest BCUT2D eigenvalue weighted by molar-refractivity contribution is 0.488. The summed E-state index contributed by atoms with van der Waals surface area (Å²) in [6, 6.07) is 6.65. The van der Waals surface area contributed by atoms with Gasteiger partial charge in [-0.05, 0) is 48.6 Å². The van der Waals surface area contributed by atoms with Crippen molar-refractivity contribution in [3.8, 4) is 0 Å². The number of aryl methyl sites for hydroxylation is 1. The predicted octanol–water partition coefficient (Wildman–Crippen LogP) is 3.10. The first-order valence-corrected chi connectivity index (χ1v) is 5.83. The molecule has 0 aliphatic carbocycles. The number of aromatic amines is 1. The van der Waals surface area contributed by atoms with E-state index in [0.29, 0.717) is 0 Å². The molecular formula is C14H20N2. The number of fused-ring (bicyclic) bond motifs is 1. The summed E-state index contributed by atoms with van der Waals surface area (Å²) in [7, 11) is 0. The van der Waals surface area contributed by atoms with Crippen LogP contribution in [0.5, 0.6) is 0 Å². The highest BCUT2D eigenvalue weighted by atomic mass is 14.7. The fourth-order valence-corrected chi connectivity index (χ4v) is 2.19. The highest BCUT2D eigenvalue weighted by Crippen LogP contribution is 2.29. The van der Waals surface area contributed by atoms with Crippen LogP contribution in [0.25, 0.3) is 10.9 Å². The Bertz CT molecular complexity index is 494. The molecule has 1 aromatic carbocycles. The Hall–Kier alpha value is -1.28. The molecule has 86 valence electrons. The molecule has 2 heteroatoms. The number of benzene rings is 1. The topological polar surface area (TPSA) is 41.8 Å². The third kappa shape index (κ3) is 1.85. The zero-order valence-corrected chi connectivity index (χ0v) is 10.3. The SMILES string of the molecule is Cc1c[nH]c2ccc(C(C)(C)CCN)cc12. The summed E-state index contributed by atoms with van der Waals surface area (Å²) in [4.78, 5) is 3.27. The van der Waals surface area contributed by atoms with E-state index in [1.807, 2.05) is 0 Å². The molecule has 0 aliphatic heterocycles. The van der Waals surface area contributed by atoms with Gasteiger partial charge in [0.25, 0.3) is 0 Å². The molecule has 0 bridgehead atoms. The number of hydrogen-bond donors (Lipinski definition) is 2. The molecule has 0 radical (unpaired) electrons. The Balaban J connectivity index is 2.49. The van der Waals surface area contributed by atoms with Crippen LogP contribution >= 0.6 is 0 Å². The van der Waals surface area contributed by atoms with Crippen LogP contribution in [0, 0.1) is 6.92 Å². The maximum atomic E-state index is 5.67. The van der Waals surface area contributed by atoms with E-state index in [4.69, 9.17) is 5.73 Å². The summed E-state index contributed by atoms with van der Waals surface area (Å²) in [5.74, 6) is 0. The lowest BCUT2D eigenvalue weighted by Gasteiger charge is -2.24. The minimum absolute atomic E-state index is 0.159. The van der Waals surface area contributed by atoms with Crippen LogP contribution in [0.1, 0.15) is 31.4 Å². The molecule has 16 heavy (non-hydrogen) atoms. The van der Waals surface area contributed by atoms with Crippen molar-refractivity contribution in [3.63, 3.8) is 0 Å². The number of rotatable bonds is 3. The zero-order valence-electron chi connectivity index (χ0n) is 10.3. The molecule has 2 rings (SSSR count). The minimum Gasteiger partial charge on any atom is -0.361 e. The molecule has 0 amide bonds. The molecule has 0 unspecified atom stereocenters. The second-order valence-electron chi connectivity index (χ2n) is 5.15. The fraction of sp³-hybridized carbons (Fsp3) is 0.429. The van der Waals surface area contributed by atoms with Crippen molar-refractivity contribution in [3.05, 3.63) is 35.5 Å². The molecule has 1 aromatic heterocycles. The molecule has 1 heterocycles. The third-order valence-corrected chi connectivity index (χ3v) is 3.44. The smallest absolute Gasteiger partial charge is 0.0456 e. The van der Waals surface area contributed by atoms with Gasteiger partial charge in [-0.3, -0.25) is 0 Å².